The van der Waals surface area contributed by atoms with Gasteiger partial charge in [-0.1, -0.05) is 30.7 Å². The van der Waals surface area contributed by atoms with Crippen molar-refractivity contribution in [1.29, 1.82) is 0 Å². The smallest absolute Gasteiger partial charge is 0.337 e. The third-order valence-corrected chi connectivity index (χ3v) is 6.57. The van der Waals surface area contributed by atoms with Crippen LogP contribution in [0.1, 0.15) is 46.4 Å². The first-order chi connectivity index (χ1) is 17.1. The largest absolute Gasteiger partial charge is 0.465 e. The molecule has 35 heavy (non-hydrogen) atoms. The van der Waals surface area contributed by atoms with Crippen molar-refractivity contribution in [3.63, 3.8) is 0 Å². The number of rotatable bonds is 7. The number of nitrogens with one attached hydrogen (secondary N) is 1. The highest BCUT2D eigenvalue weighted by molar-refractivity contribution is 6.09. The number of anilines is 1. The Kier molecular flexibility index (Phi) is 6.72. The highest BCUT2D eigenvalue weighted by Crippen LogP contribution is 2.26. The Labute approximate surface area is 203 Å². The van der Waals surface area contributed by atoms with Gasteiger partial charge in [-0.2, -0.15) is 4.98 Å². The first kappa shape index (κ1) is 23.0. The van der Waals surface area contributed by atoms with E-state index in [1.54, 1.807) is 23.2 Å². The SMILES string of the molecule is COC(=O)c1ccc2c(c1)[nH]c1nc(N(CCCN3CCCCC3)C(=O)c3ccccc3)ncc12. The summed E-state index contributed by atoms with van der Waals surface area (Å²) in [6, 6.07) is 14.6. The molecule has 3 heterocycles. The number of carbonyl (C=O) groups excluding carboxylic acids is 2. The van der Waals surface area contributed by atoms with Gasteiger partial charge in [0, 0.05) is 34.6 Å². The lowest BCUT2D eigenvalue weighted by Crippen LogP contribution is -2.37. The maximum absolute atomic E-state index is 13.5. The van der Waals surface area contributed by atoms with Crippen molar-refractivity contribution in [3.8, 4) is 0 Å². The number of esters is 1. The van der Waals surface area contributed by atoms with Crippen molar-refractivity contribution < 1.29 is 14.3 Å². The van der Waals surface area contributed by atoms with Gasteiger partial charge in [0.25, 0.3) is 5.91 Å². The minimum Gasteiger partial charge on any atom is -0.465 e. The normalized spacial score (nSPS) is 14.3. The number of amides is 1. The summed E-state index contributed by atoms with van der Waals surface area (Å²) >= 11 is 0. The molecule has 0 aliphatic carbocycles. The summed E-state index contributed by atoms with van der Waals surface area (Å²) in [6.45, 7) is 3.72. The average Bonchev–Trinajstić information content (AvgIpc) is 3.28. The molecule has 0 saturated carbocycles. The third-order valence-electron chi connectivity index (χ3n) is 6.57. The average molecular weight is 472 g/mol. The van der Waals surface area contributed by atoms with E-state index in [4.69, 9.17) is 9.72 Å². The number of likely N-dealkylation sites (tertiary alicyclic amines) is 1. The first-order valence-corrected chi connectivity index (χ1v) is 12.1. The summed E-state index contributed by atoms with van der Waals surface area (Å²) in [7, 11) is 1.36. The van der Waals surface area contributed by atoms with Gasteiger partial charge in [0.2, 0.25) is 5.95 Å². The second-order valence-corrected chi connectivity index (χ2v) is 8.89. The van der Waals surface area contributed by atoms with Gasteiger partial charge in [0.15, 0.2) is 0 Å². The number of nitrogens with zero attached hydrogens (tertiary/aromatic N) is 4. The molecule has 0 bridgehead atoms. The van der Waals surface area contributed by atoms with Crippen molar-refractivity contribution in [2.24, 2.45) is 0 Å². The minimum atomic E-state index is -0.398. The first-order valence-electron chi connectivity index (χ1n) is 12.1. The number of methoxy groups -OCH3 is 1. The summed E-state index contributed by atoms with van der Waals surface area (Å²) < 4.78 is 4.83. The second kappa shape index (κ2) is 10.2. The number of fused-ring (bicyclic) bond motifs is 3. The second-order valence-electron chi connectivity index (χ2n) is 8.89. The molecule has 4 aromatic rings. The Morgan fingerprint density at radius 1 is 1.03 bits per heavy atom. The molecule has 1 N–H and O–H groups in total. The van der Waals surface area contributed by atoms with E-state index in [1.165, 1.54) is 26.4 Å². The molecule has 1 amide bonds. The molecule has 1 aliphatic heterocycles. The zero-order chi connectivity index (χ0) is 24.2. The van der Waals surface area contributed by atoms with Gasteiger partial charge in [-0.3, -0.25) is 9.69 Å². The van der Waals surface area contributed by atoms with Crippen molar-refractivity contribution >= 4 is 39.8 Å². The van der Waals surface area contributed by atoms with Crippen LogP contribution in [0, 0.1) is 0 Å². The number of benzene rings is 2. The number of piperidine rings is 1. The Hall–Kier alpha value is -3.78. The van der Waals surface area contributed by atoms with Gasteiger partial charge in [-0.15, -0.1) is 0 Å². The quantitative estimate of drug-likeness (QED) is 0.401. The summed E-state index contributed by atoms with van der Waals surface area (Å²) in [4.78, 5) is 42.1. The van der Waals surface area contributed by atoms with Gasteiger partial charge >= 0.3 is 5.97 Å². The molecule has 2 aromatic carbocycles. The summed E-state index contributed by atoms with van der Waals surface area (Å²) in [5, 5.41) is 1.74. The van der Waals surface area contributed by atoms with Crippen LogP contribution in [-0.2, 0) is 4.74 Å². The van der Waals surface area contributed by atoms with E-state index in [0.29, 0.717) is 29.3 Å². The van der Waals surface area contributed by atoms with E-state index < -0.39 is 5.97 Å². The molecule has 1 aliphatic rings. The fourth-order valence-corrected chi connectivity index (χ4v) is 4.71. The Morgan fingerprint density at radius 2 is 1.83 bits per heavy atom. The molecule has 0 unspecified atom stereocenters. The Bertz CT molecular complexity index is 1350. The molecule has 0 radical (unpaired) electrons. The number of H-pyrrole nitrogens is 1. The van der Waals surface area contributed by atoms with Gasteiger partial charge < -0.3 is 14.6 Å². The molecule has 0 spiro atoms. The van der Waals surface area contributed by atoms with Crippen LogP contribution in [-0.4, -0.2) is 65.0 Å². The Balaban J connectivity index is 1.45. The highest BCUT2D eigenvalue weighted by Gasteiger charge is 2.22. The van der Waals surface area contributed by atoms with E-state index in [2.05, 4.69) is 14.9 Å². The fraction of sp³-hybridized carbons (Fsp3) is 0.333. The summed E-state index contributed by atoms with van der Waals surface area (Å²) in [6.07, 6.45) is 6.36. The lowest BCUT2D eigenvalue weighted by atomic mass is 10.1. The van der Waals surface area contributed by atoms with Crippen molar-refractivity contribution in [3.05, 3.63) is 65.9 Å². The van der Waals surface area contributed by atoms with Crippen LogP contribution < -0.4 is 4.90 Å². The van der Waals surface area contributed by atoms with E-state index >= 15 is 0 Å². The summed E-state index contributed by atoms with van der Waals surface area (Å²) in [5.74, 6) is -0.150. The van der Waals surface area contributed by atoms with Crippen LogP contribution in [0.2, 0.25) is 0 Å². The predicted molar refractivity (Wildman–Crippen MR) is 136 cm³/mol. The molecule has 2 aromatic heterocycles. The van der Waals surface area contributed by atoms with Crippen molar-refractivity contribution in [2.45, 2.75) is 25.7 Å². The van der Waals surface area contributed by atoms with Crippen LogP contribution in [0.15, 0.2) is 54.7 Å². The number of hydrogen-bond donors (Lipinski definition) is 1. The van der Waals surface area contributed by atoms with E-state index in [1.807, 2.05) is 36.4 Å². The molecule has 8 nitrogen and oxygen atoms in total. The molecule has 8 heteroatoms. The van der Waals surface area contributed by atoms with Gasteiger partial charge in [-0.05, 0) is 63.2 Å². The Morgan fingerprint density at radius 3 is 2.60 bits per heavy atom. The third kappa shape index (κ3) is 4.88. The molecule has 1 saturated heterocycles. The number of ether oxygens (including phenoxy) is 1. The molecule has 180 valence electrons. The van der Waals surface area contributed by atoms with Crippen LogP contribution in [0.5, 0.6) is 0 Å². The number of carbonyl (C=O) groups is 2. The zero-order valence-electron chi connectivity index (χ0n) is 19.9. The number of aromatic amines is 1. The van der Waals surface area contributed by atoms with E-state index in [9.17, 15) is 9.59 Å². The van der Waals surface area contributed by atoms with Crippen LogP contribution in [0.25, 0.3) is 21.9 Å². The number of hydrogen-bond acceptors (Lipinski definition) is 6. The van der Waals surface area contributed by atoms with Crippen LogP contribution >= 0.6 is 0 Å². The lowest BCUT2D eigenvalue weighted by Gasteiger charge is -2.27. The lowest BCUT2D eigenvalue weighted by molar-refractivity contribution is 0.0600. The van der Waals surface area contributed by atoms with Gasteiger partial charge in [0.1, 0.15) is 5.65 Å². The maximum atomic E-state index is 13.5. The van der Waals surface area contributed by atoms with Gasteiger partial charge in [0.05, 0.1) is 12.7 Å². The standard InChI is InChI=1S/C27H29N5O3/c1-35-26(34)20-11-12-21-22-18-28-27(30-24(22)29-23(21)17-20)32(25(33)19-9-4-2-5-10-19)16-8-15-31-13-6-3-7-14-31/h2,4-5,9-12,17-18H,3,6-8,13-16H2,1H3,(H,28,29,30). The molecule has 5 rings (SSSR count). The maximum Gasteiger partial charge on any atom is 0.337 e. The fourth-order valence-electron chi connectivity index (χ4n) is 4.71. The van der Waals surface area contributed by atoms with Crippen molar-refractivity contribution in [1.82, 2.24) is 19.9 Å². The van der Waals surface area contributed by atoms with Crippen LogP contribution in [0.4, 0.5) is 5.95 Å². The van der Waals surface area contributed by atoms with E-state index in [-0.39, 0.29) is 5.91 Å². The van der Waals surface area contributed by atoms with Crippen LogP contribution in [0.3, 0.4) is 0 Å². The zero-order valence-corrected chi connectivity index (χ0v) is 19.9. The topological polar surface area (TPSA) is 91.4 Å². The monoisotopic (exact) mass is 471 g/mol. The molecule has 0 atom stereocenters. The van der Waals surface area contributed by atoms with Gasteiger partial charge in [-0.25, -0.2) is 9.78 Å². The number of aromatic nitrogens is 3. The highest BCUT2D eigenvalue weighted by atomic mass is 16.5. The molecular formula is C27H29N5O3. The van der Waals surface area contributed by atoms with Crippen molar-refractivity contribution in [2.75, 3.05) is 38.2 Å². The molecular weight excluding hydrogens is 442 g/mol. The molecule has 1 fully saturated rings. The van der Waals surface area contributed by atoms with E-state index in [0.717, 1.165) is 42.3 Å². The minimum absolute atomic E-state index is 0.118. The predicted octanol–water partition coefficient (Wildman–Crippen LogP) is 4.42. The summed E-state index contributed by atoms with van der Waals surface area (Å²) in [5.41, 5.74) is 2.45.